The molecule has 0 radical (unpaired) electrons. The number of benzene rings is 1. The molecule has 25 heavy (non-hydrogen) atoms. The van der Waals surface area contributed by atoms with Gasteiger partial charge < -0.3 is 14.4 Å². The van der Waals surface area contributed by atoms with E-state index in [1.54, 1.807) is 7.11 Å². The fourth-order valence-corrected chi connectivity index (χ4v) is 4.19. The lowest BCUT2D eigenvalue weighted by Gasteiger charge is -2.48. The van der Waals surface area contributed by atoms with Crippen LogP contribution in [0.25, 0.3) is 0 Å². The number of hydrogen-bond donors (Lipinski definition) is 0. The summed E-state index contributed by atoms with van der Waals surface area (Å²) in [6.45, 7) is 7.70. The summed E-state index contributed by atoms with van der Waals surface area (Å²) in [6, 6.07) is 7.73. The van der Waals surface area contributed by atoms with E-state index < -0.39 is 0 Å². The van der Waals surface area contributed by atoms with Crippen LogP contribution in [0.5, 0.6) is 11.5 Å². The van der Waals surface area contributed by atoms with Crippen LogP contribution in [0.2, 0.25) is 0 Å². The molecule has 3 rings (SSSR count). The van der Waals surface area contributed by atoms with Crippen molar-refractivity contribution in [1.82, 2.24) is 9.80 Å². The van der Waals surface area contributed by atoms with Crippen LogP contribution >= 0.6 is 0 Å². The second kappa shape index (κ2) is 8.09. The van der Waals surface area contributed by atoms with Crippen LogP contribution in [0.4, 0.5) is 0 Å². The largest absolute Gasteiger partial charge is 0.497 e. The summed E-state index contributed by atoms with van der Waals surface area (Å²) in [5.41, 5.74) is 0.294. The Morgan fingerprint density at radius 3 is 2.60 bits per heavy atom. The lowest BCUT2D eigenvalue weighted by Crippen LogP contribution is -2.54. The minimum absolute atomic E-state index is 0.294. The number of methoxy groups -OCH3 is 1. The predicted octanol–water partition coefficient (Wildman–Crippen LogP) is 2.80. The summed E-state index contributed by atoms with van der Waals surface area (Å²) in [5.74, 6) is 2.05. The summed E-state index contributed by atoms with van der Waals surface area (Å²) < 4.78 is 11.0. The normalized spacial score (nSPS) is 24.6. The van der Waals surface area contributed by atoms with Crippen molar-refractivity contribution in [3.05, 3.63) is 24.3 Å². The summed E-state index contributed by atoms with van der Waals surface area (Å²) in [5, 5.41) is 0. The number of piperidine rings is 2. The first-order chi connectivity index (χ1) is 12.1. The molecule has 0 saturated carbocycles. The molecule has 1 aromatic rings. The van der Waals surface area contributed by atoms with Crippen LogP contribution < -0.4 is 9.47 Å². The summed E-state index contributed by atoms with van der Waals surface area (Å²) in [7, 11) is 1.67. The Labute approximate surface area is 150 Å². The van der Waals surface area contributed by atoms with Gasteiger partial charge in [0.05, 0.1) is 7.11 Å². The number of ether oxygens (including phenoxy) is 2. The third kappa shape index (κ3) is 4.46. The van der Waals surface area contributed by atoms with Gasteiger partial charge in [0.15, 0.2) is 0 Å². The van der Waals surface area contributed by atoms with Gasteiger partial charge in [-0.1, -0.05) is 0 Å². The van der Waals surface area contributed by atoms with Gasteiger partial charge in [-0.25, -0.2) is 0 Å². The highest BCUT2D eigenvalue weighted by Crippen LogP contribution is 2.38. The number of carbonyl (C=O) groups is 1. The van der Waals surface area contributed by atoms with Crippen molar-refractivity contribution in [2.75, 3.05) is 46.4 Å². The zero-order valence-corrected chi connectivity index (χ0v) is 15.5. The van der Waals surface area contributed by atoms with Crippen molar-refractivity contribution in [3.8, 4) is 11.5 Å². The van der Waals surface area contributed by atoms with Crippen LogP contribution in [-0.4, -0.2) is 62.1 Å². The maximum Gasteiger partial charge on any atom is 0.222 e. The third-order valence-corrected chi connectivity index (χ3v) is 5.61. The van der Waals surface area contributed by atoms with Gasteiger partial charge in [0.2, 0.25) is 5.91 Å². The van der Waals surface area contributed by atoms with Crippen LogP contribution in [0.3, 0.4) is 0 Å². The Hall–Kier alpha value is -1.75. The monoisotopic (exact) mass is 346 g/mol. The van der Waals surface area contributed by atoms with Crippen LogP contribution in [0, 0.1) is 5.41 Å². The Morgan fingerprint density at radius 2 is 1.88 bits per heavy atom. The van der Waals surface area contributed by atoms with Crippen molar-refractivity contribution < 1.29 is 14.3 Å². The molecule has 2 aliphatic heterocycles. The number of carbonyl (C=O) groups excluding carboxylic acids is 1. The van der Waals surface area contributed by atoms with Gasteiger partial charge in [-0.05, 0) is 57.0 Å². The number of likely N-dealkylation sites (tertiary alicyclic amines) is 2. The molecule has 2 heterocycles. The molecule has 1 aromatic carbocycles. The molecule has 2 aliphatic rings. The second-order valence-electron chi connectivity index (χ2n) is 7.31. The van der Waals surface area contributed by atoms with E-state index in [1.165, 1.54) is 12.8 Å². The first-order valence-electron chi connectivity index (χ1n) is 9.41. The van der Waals surface area contributed by atoms with Crippen LogP contribution in [-0.2, 0) is 4.79 Å². The molecule has 0 bridgehead atoms. The first-order valence-corrected chi connectivity index (χ1v) is 9.41. The molecule has 5 heteroatoms. The SMILES string of the molecule is CCN1C[C@]2(CCCN(CCOc3ccc(OC)cc3)C2)CCC1=O. The van der Waals surface area contributed by atoms with Crippen molar-refractivity contribution >= 4 is 5.91 Å². The summed E-state index contributed by atoms with van der Waals surface area (Å²) >= 11 is 0. The summed E-state index contributed by atoms with van der Waals surface area (Å²) in [4.78, 5) is 16.5. The lowest BCUT2D eigenvalue weighted by atomic mass is 9.73. The fourth-order valence-electron chi connectivity index (χ4n) is 4.19. The van der Waals surface area contributed by atoms with Gasteiger partial charge in [-0.2, -0.15) is 0 Å². The molecule has 2 saturated heterocycles. The lowest BCUT2D eigenvalue weighted by molar-refractivity contribution is -0.139. The molecule has 1 amide bonds. The third-order valence-electron chi connectivity index (χ3n) is 5.61. The molecule has 2 fully saturated rings. The molecule has 0 aliphatic carbocycles. The average molecular weight is 346 g/mol. The van der Waals surface area contributed by atoms with E-state index in [0.29, 0.717) is 24.3 Å². The Morgan fingerprint density at radius 1 is 1.12 bits per heavy atom. The topological polar surface area (TPSA) is 42.0 Å². The van der Waals surface area contributed by atoms with Gasteiger partial charge >= 0.3 is 0 Å². The first kappa shape index (κ1) is 18.1. The molecule has 138 valence electrons. The molecule has 5 nitrogen and oxygen atoms in total. The number of rotatable bonds is 6. The number of hydrogen-bond acceptors (Lipinski definition) is 4. The van der Waals surface area contributed by atoms with Crippen molar-refractivity contribution in [2.45, 2.75) is 32.6 Å². The van der Waals surface area contributed by atoms with Crippen LogP contribution in [0.1, 0.15) is 32.6 Å². The predicted molar refractivity (Wildman–Crippen MR) is 98.1 cm³/mol. The van der Waals surface area contributed by atoms with E-state index in [9.17, 15) is 4.79 Å². The van der Waals surface area contributed by atoms with Crippen molar-refractivity contribution in [2.24, 2.45) is 5.41 Å². The highest BCUT2D eigenvalue weighted by atomic mass is 16.5. The van der Waals surface area contributed by atoms with Crippen molar-refractivity contribution in [1.29, 1.82) is 0 Å². The molecular weight excluding hydrogens is 316 g/mol. The maximum atomic E-state index is 12.0. The van der Waals surface area contributed by atoms with Gasteiger partial charge in [-0.3, -0.25) is 9.69 Å². The average Bonchev–Trinajstić information content (AvgIpc) is 2.65. The zero-order valence-electron chi connectivity index (χ0n) is 15.5. The Balaban J connectivity index is 1.49. The highest BCUT2D eigenvalue weighted by Gasteiger charge is 2.41. The maximum absolute atomic E-state index is 12.0. The quantitative estimate of drug-likeness (QED) is 0.794. The second-order valence-corrected chi connectivity index (χ2v) is 7.31. The zero-order chi connectivity index (χ0) is 17.7. The van der Waals surface area contributed by atoms with E-state index in [1.807, 2.05) is 29.2 Å². The van der Waals surface area contributed by atoms with Gasteiger partial charge in [0.25, 0.3) is 0 Å². The molecular formula is C20H30N2O3. The van der Waals surface area contributed by atoms with Crippen molar-refractivity contribution in [3.63, 3.8) is 0 Å². The van der Waals surface area contributed by atoms with E-state index in [0.717, 1.165) is 50.6 Å². The van der Waals surface area contributed by atoms with Gasteiger partial charge in [0.1, 0.15) is 18.1 Å². The minimum atomic E-state index is 0.294. The number of nitrogens with zero attached hydrogens (tertiary/aromatic N) is 2. The van der Waals surface area contributed by atoms with E-state index in [-0.39, 0.29) is 0 Å². The molecule has 0 unspecified atom stereocenters. The molecule has 0 N–H and O–H groups in total. The summed E-state index contributed by atoms with van der Waals surface area (Å²) in [6.07, 6.45) is 4.21. The molecule has 0 aromatic heterocycles. The van der Waals surface area contributed by atoms with Gasteiger partial charge in [0, 0.05) is 38.0 Å². The smallest absolute Gasteiger partial charge is 0.222 e. The Bertz CT molecular complexity index is 575. The van der Waals surface area contributed by atoms with E-state index in [4.69, 9.17) is 9.47 Å². The minimum Gasteiger partial charge on any atom is -0.497 e. The highest BCUT2D eigenvalue weighted by molar-refractivity contribution is 5.77. The Kier molecular flexibility index (Phi) is 5.84. The molecule has 1 atom stereocenters. The fraction of sp³-hybridized carbons (Fsp3) is 0.650. The van der Waals surface area contributed by atoms with E-state index in [2.05, 4.69) is 11.8 Å². The van der Waals surface area contributed by atoms with E-state index >= 15 is 0 Å². The molecule has 1 spiro atoms. The standard InChI is InChI=1S/C20H30N2O3/c1-3-22-16-20(11-9-19(22)23)10-4-12-21(15-20)13-14-25-18-7-5-17(24-2)6-8-18/h5-8H,3-4,9-16H2,1-2H3/t20-/m1/s1. The van der Waals surface area contributed by atoms with Crippen LogP contribution in [0.15, 0.2) is 24.3 Å². The number of amides is 1. The van der Waals surface area contributed by atoms with Gasteiger partial charge in [-0.15, -0.1) is 0 Å².